The van der Waals surface area contributed by atoms with Crippen molar-refractivity contribution in [1.29, 1.82) is 0 Å². The molecule has 0 amide bonds. The third kappa shape index (κ3) is 2.29. The predicted octanol–water partition coefficient (Wildman–Crippen LogP) is 2.46. The number of rotatable bonds is 2. The minimum absolute atomic E-state index is 0.0943. The molecule has 2 atom stereocenters. The minimum Gasteiger partial charge on any atom is -0.328 e. The van der Waals surface area contributed by atoms with Gasteiger partial charge in [0, 0.05) is 23.0 Å². The molecule has 1 aromatic heterocycles. The van der Waals surface area contributed by atoms with Crippen LogP contribution in [0.1, 0.15) is 30.6 Å². The normalized spacial score (nSPS) is 31.8. The fraction of sp³-hybridized carbons (Fsp3) is 0.667. The largest absolute Gasteiger partial charge is 0.328 e. The molecule has 0 aromatic carbocycles. The molecule has 1 aromatic rings. The van der Waals surface area contributed by atoms with Crippen molar-refractivity contribution in [2.24, 2.45) is 5.73 Å². The van der Waals surface area contributed by atoms with E-state index in [4.69, 9.17) is 5.73 Å². The van der Waals surface area contributed by atoms with E-state index in [9.17, 15) is 8.42 Å². The molecule has 0 spiro atoms. The summed E-state index contributed by atoms with van der Waals surface area (Å²) >= 11 is 4.84. The quantitative estimate of drug-likeness (QED) is 0.876. The summed E-state index contributed by atoms with van der Waals surface area (Å²) in [5.41, 5.74) is 6.01. The number of nitrogens with zero attached hydrogens (tertiary/aromatic N) is 1. The molecule has 2 aliphatic heterocycles. The Kier molecular flexibility index (Phi) is 3.54. The van der Waals surface area contributed by atoms with E-state index in [1.807, 2.05) is 6.92 Å². The maximum Gasteiger partial charge on any atom is 0.244 e. The van der Waals surface area contributed by atoms with Crippen molar-refractivity contribution in [1.82, 2.24) is 4.31 Å². The molecule has 0 saturated carbocycles. The van der Waals surface area contributed by atoms with Gasteiger partial charge in [0.15, 0.2) is 0 Å². The predicted molar refractivity (Wildman–Crippen MR) is 79.8 cm³/mol. The smallest absolute Gasteiger partial charge is 0.244 e. The zero-order valence-corrected chi connectivity index (χ0v) is 13.9. The monoisotopic (exact) mass is 364 g/mol. The molecular weight excluding hydrogens is 348 g/mol. The van der Waals surface area contributed by atoms with Crippen LogP contribution in [-0.2, 0) is 10.0 Å². The maximum atomic E-state index is 12.9. The third-order valence-corrected chi connectivity index (χ3v) is 7.91. The van der Waals surface area contributed by atoms with Crippen LogP contribution >= 0.6 is 27.3 Å². The van der Waals surface area contributed by atoms with Gasteiger partial charge in [0.05, 0.1) is 8.68 Å². The van der Waals surface area contributed by atoms with Gasteiger partial charge in [-0.25, -0.2) is 8.42 Å². The van der Waals surface area contributed by atoms with Crippen LogP contribution in [0.15, 0.2) is 14.7 Å². The van der Waals surface area contributed by atoms with Crippen LogP contribution in [-0.4, -0.2) is 30.8 Å². The summed E-state index contributed by atoms with van der Waals surface area (Å²) < 4.78 is 28.3. The Balaban J connectivity index is 2.00. The average Bonchev–Trinajstić information content (AvgIpc) is 2.78. The van der Waals surface area contributed by atoms with Crippen molar-refractivity contribution in [3.8, 4) is 0 Å². The number of hydrogen-bond donors (Lipinski definition) is 1. The molecule has 2 aliphatic rings. The Bertz CT molecular complexity index is 585. The second-order valence-corrected chi connectivity index (χ2v) is 9.87. The average molecular weight is 365 g/mol. The van der Waals surface area contributed by atoms with E-state index < -0.39 is 10.0 Å². The van der Waals surface area contributed by atoms with Crippen LogP contribution in [0.4, 0.5) is 0 Å². The Hall–Kier alpha value is 0.0500. The molecule has 19 heavy (non-hydrogen) atoms. The van der Waals surface area contributed by atoms with Crippen molar-refractivity contribution in [2.75, 3.05) is 0 Å². The standard InChI is InChI=1S/C12H17BrN2O2S2/c1-7-11(6-12(13)18-7)19(16,17)15-9-2-3-10(15)5-8(14)4-9/h6,8-10H,2-5,14H2,1H3. The van der Waals surface area contributed by atoms with Crippen LogP contribution in [0.5, 0.6) is 0 Å². The van der Waals surface area contributed by atoms with E-state index in [0.717, 1.165) is 34.3 Å². The van der Waals surface area contributed by atoms with Crippen molar-refractivity contribution >= 4 is 37.3 Å². The summed E-state index contributed by atoms with van der Waals surface area (Å²) in [6, 6.07) is 2.07. The first-order valence-corrected chi connectivity index (χ1v) is 9.49. The number of halogens is 1. The number of piperidine rings is 1. The third-order valence-electron chi connectivity index (χ3n) is 4.10. The van der Waals surface area contributed by atoms with Gasteiger partial charge in [0.25, 0.3) is 0 Å². The van der Waals surface area contributed by atoms with Crippen molar-refractivity contribution in [3.05, 3.63) is 14.7 Å². The summed E-state index contributed by atoms with van der Waals surface area (Å²) in [7, 11) is -3.37. The molecule has 0 aliphatic carbocycles. The van der Waals surface area contributed by atoms with Gasteiger partial charge in [-0.15, -0.1) is 11.3 Å². The van der Waals surface area contributed by atoms with Crippen molar-refractivity contribution < 1.29 is 8.42 Å². The van der Waals surface area contributed by atoms with E-state index in [-0.39, 0.29) is 18.1 Å². The Morgan fingerprint density at radius 1 is 1.37 bits per heavy atom. The lowest BCUT2D eigenvalue weighted by Gasteiger charge is -2.36. The second-order valence-electron chi connectivity index (χ2n) is 5.42. The topological polar surface area (TPSA) is 63.4 Å². The number of aryl methyl sites for hydroxylation is 1. The Labute approximate surface area is 126 Å². The lowest BCUT2D eigenvalue weighted by atomic mass is 10.0. The van der Waals surface area contributed by atoms with Crippen LogP contribution in [0.3, 0.4) is 0 Å². The van der Waals surface area contributed by atoms with Gasteiger partial charge in [-0.2, -0.15) is 4.31 Å². The van der Waals surface area contributed by atoms with Crippen molar-refractivity contribution in [3.63, 3.8) is 0 Å². The SMILES string of the molecule is Cc1sc(Br)cc1S(=O)(=O)N1C2CCC1CC(N)C2. The van der Waals surface area contributed by atoms with Gasteiger partial charge >= 0.3 is 0 Å². The van der Waals surface area contributed by atoms with Crippen molar-refractivity contribution in [2.45, 2.75) is 55.6 Å². The van der Waals surface area contributed by atoms with Crippen LogP contribution in [0.2, 0.25) is 0 Å². The number of nitrogens with two attached hydrogens (primary N) is 1. The fourth-order valence-electron chi connectivity index (χ4n) is 3.37. The fourth-order valence-corrected chi connectivity index (χ4v) is 7.65. The molecule has 3 rings (SSSR count). The van der Waals surface area contributed by atoms with Gasteiger partial charge in [0.2, 0.25) is 10.0 Å². The highest BCUT2D eigenvalue weighted by Gasteiger charge is 2.46. The zero-order valence-electron chi connectivity index (χ0n) is 10.7. The molecule has 2 fully saturated rings. The molecule has 2 bridgehead atoms. The lowest BCUT2D eigenvalue weighted by Crippen LogP contribution is -2.50. The van der Waals surface area contributed by atoms with E-state index in [0.29, 0.717) is 4.90 Å². The van der Waals surface area contributed by atoms with E-state index in [1.54, 1.807) is 10.4 Å². The Morgan fingerprint density at radius 3 is 2.42 bits per heavy atom. The highest BCUT2D eigenvalue weighted by Crippen LogP contribution is 2.41. The first kappa shape index (κ1) is 14.0. The summed E-state index contributed by atoms with van der Waals surface area (Å²) in [5, 5.41) is 0. The molecule has 3 heterocycles. The first-order chi connectivity index (χ1) is 8.89. The number of thiophene rings is 1. The number of hydrogen-bond acceptors (Lipinski definition) is 4. The summed E-state index contributed by atoms with van der Waals surface area (Å²) in [6.07, 6.45) is 3.48. The van der Waals surface area contributed by atoms with E-state index >= 15 is 0 Å². The molecule has 4 nitrogen and oxygen atoms in total. The molecule has 106 valence electrons. The summed E-state index contributed by atoms with van der Waals surface area (Å²) in [6.45, 7) is 1.86. The maximum absolute atomic E-state index is 12.9. The Morgan fingerprint density at radius 2 is 1.95 bits per heavy atom. The van der Waals surface area contributed by atoms with Gasteiger partial charge < -0.3 is 5.73 Å². The summed E-state index contributed by atoms with van der Waals surface area (Å²) in [5.74, 6) is 0. The first-order valence-electron chi connectivity index (χ1n) is 6.44. The number of fused-ring (bicyclic) bond motifs is 2. The highest BCUT2D eigenvalue weighted by molar-refractivity contribution is 9.11. The molecular formula is C12H17BrN2O2S2. The molecule has 0 radical (unpaired) electrons. The molecule has 2 saturated heterocycles. The van der Waals surface area contributed by atoms with Gasteiger partial charge in [0.1, 0.15) is 0 Å². The van der Waals surface area contributed by atoms with Crippen LogP contribution in [0, 0.1) is 6.92 Å². The second kappa shape index (κ2) is 4.80. The molecule has 2 N–H and O–H groups in total. The lowest BCUT2D eigenvalue weighted by molar-refractivity contribution is 0.227. The van der Waals surface area contributed by atoms with Gasteiger partial charge in [-0.3, -0.25) is 0 Å². The highest BCUT2D eigenvalue weighted by atomic mass is 79.9. The van der Waals surface area contributed by atoms with E-state index in [2.05, 4.69) is 15.9 Å². The summed E-state index contributed by atoms with van der Waals surface area (Å²) in [4.78, 5) is 1.30. The number of sulfonamides is 1. The van der Waals surface area contributed by atoms with Crippen LogP contribution < -0.4 is 5.73 Å². The zero-order chi connectivity index (χ0) is 13.8. The van der Waals surface area contributed by atoms with Crippen LogP contribution in [0.25, 0.3) is 0 Å². The molecule has 7 heteroatoms. The van der Waals surface area contributed by atoms with Gasteiger partial charge in [-0.1, -0.05) is 0 Å². The van der Waals surface area contributed by atoms with E-state index in [1.165, 1.54) is 11.3 Å². The minimum atomic E-state index is -3.37. The molecule has 2 unspecified atom stereocenters. The van der Waals surface area contributed by atoms with Gasteiger partial charge in [-0.05, 0) is 54.6 Å².